The second kappa shape index (κ2) is 6.50. The Balaban J connectivity index is 2.06. The van der Waals surface area contributed by atoms with Crippen LogP contribution in [0.5, 0.6) is 0 Å². The molecule has 0 radical (unpaired) electrons. The molecule has 1 saturated heterocycles. The lowest BCUT2D eigenvalue weighted by atomic mass is 9.86. The summed E-state index contributed by atoms with van der Waals surface area (Å²) in [6.07, 6.45) is 1.97. The van der Waals surface area contributed by atoms with E-state index in [-0.39, 0.29) is 18.2 Å². The van der Waals surface area contributed by atoms with Crippen LogP contribution in [-0.2, 0) is 14.2 Å². The molecule has 1 saturated carbocycles. The first-order valence-corrected chi connectivity index (χ1v) is 7.32. The molecule has 1 spiro atoms. The van der Waals surface area contributed by atoms with Crippen molar-refractivity contribution in [3.63, 3.8) is 0 Å². The van der Waals surface area contributed by atoms with Crippen molar-refractivity contribution < 1.29 is 19.3 Å². The SMILES string of the molecule is CCN(C(C)COC)C1CC2(CCC1O)OCCO2. The number of hydrogen-bond donors (Lipinski definition) is 1. The van der Waals surface area contributed by atoms with Gasteiger partial charge in [0.05, 0.1) is 25.9 Å². The van der Waals surface area contributed by atoms with E-state index in [0.717, 1.165) is 25.8 Å². The molecule has 0 aromatic rings. The van der Waals surface area contributed by atoms with Crippen molar-refractivity contribution in [3.8, 4) is 0 Å². The van der Waals surface area contributed by atoms with Crippen LogP contribution in [0.3, 0.4) is 0 Å². The van der Waals surface area contributed by atoms with Crippen LogP contribution in [0.2, 0.25) is 0 Å². The highest BCUT2D eigenvalue weighted by Crippen LogP contribution is 2.38. The first kappa shape index (κ1) is 15.2. The molecule has 0 aromatic heterocycles. The van der Waals surface area contributed by atoms with Gasteiger partial charge in [0.2, 0.25) is 0 Å². The zero-order valence-electron chi connectivity index (χ0n) is 12.3. The average molecular weight is 273 g/mol. The van der Waals surface area contributed by atoms with E-state index in [4.69, 9.17) is 14.2 Å². The first-order valence-electron chi connectivity index (χ1n) is 7.32. The maximum absolute atomic E-state index is 10.3. The lowest BCUT2D eigenvalue weighted by molar-refractivity contribution is -0.207. The molecule has 5 heteroatoms. The third-order valence-corrected chi connectivity index (χ3v) is 4.36. The summed E-state index contributed by atoms with van der Waals surface area (Å²) in [6, 6.07) is 0.369. The van der Waals surface area contributed by atoms with Crippen LogP contribution < -0.4 is 0 Å². The topological polar surface area (TPSA) is 51.2 Å². The predicted octanol–water partition coefficient (Wildman–Crippen LogP) is 1.000. The molecule has 1 heterocycles. The molecule has 2 fully saturated rings. The van der Waals surface area contributed by atoms with Crippen LogP contribution in [0.25, 0.3) is 0 Å². The van der Waals surface area contributed by atoms with Gasteiger partial charge in [0.15, 0.2) is 5.79 Å². The zero-order chi connectivity index (χ0) is 13.9. The normalized spacial score (nSPS) is 32.1. The number of rotatable bonds is 5. The summed E-state index contributed by atoms with van der Waals surface area (Å²) in [5.74, 6) is -0.454. The molecule has 3 atom stereocenters. The minimum atomic E-state index is -0.454. The van der Waals surface area contributed by atoms with E-state index in [2.05, 4.69) is 18.7 Å². The van der Waals surface area contributed by atoms with Crippen molar-refractivity contribution in [1.29, 1.82) is 0 Å². The highest BCUT2D eigenvalue weighted by atomic mass is 16.7. The predicted molar refractivity (Wildman–Crippen MR) is 72.0 cm³/mol. The molecule has 2 aliphatic rings. The van der Waals surface area contributed by atoms with Crippen LogP contribution in [0.15, 0.2) is 0 Å². The van der Waals surface area contributed by atoms with Gasteiger partial charge < -0.3 is 19.3 Å². The number of nitrogens with zero attached hydrogens (tertiary/aromatic N) is 1. The van der Waals surface area contributed by atoms with E-state index in [1.54, 1.807) is 7.11 Å². The maximum atomic E-state index is 10.3. The highest BCUT2D eigenvalue weighted by molar-refractivity contribution is 4.94. The number of aliphatic hydroxyl groups is 1. The smallest absolute Gasteiger partial charge is 0.170 e. The van der Waals surface area contributed by atoms with Gasteiger partial charge >= 0.3 is 0 Å². The first-order chi connectivity index (χ1) is 9.12. The summed E-state index contributed by atoms with van der Waals surface area (Å²) in [5.41, 5.74) is 0. The molecular formula is C14H27NO4. The van der Waals surface area contributed by atoms with E-state index in [1.165, 1.54) is 0 Å². The summed E-state index contributed by atoms with van der Waals surface area (Å²) < 4.78 is 16.8. The molecule has 3 unspecified atom stereocenters. The highest BCUT2D eigenvalue weighted by Gasteiger charge is 2.46. The summed E-state index contributed by atoms with van der Waals surface area (Å²) in [6.45, 7) is 7.16. The monoisotopic (exact) mass is 273 g/mol. The van der Waals surface area contributed by atoms with Crippen molar-refractivity contribution in [2.75, 3.05) is 33.5 Å². The number of ether oxygens (including phenoxy) is 3. The molecule has 1 aliphatic heterocycles. The van der Waals surface area contributed by atoms with Crippen LogP contribution in [0.4, 0.5) is 0 Å². The number of methoxy groups -OCH3 is 1. The fraction of sp³-hybridized carbons (Fsp3) is 1.00. The summed E-state index contributed by atoms with van der Waals surface area (Å²) in [5, 5.41) is 10.3. The van der Waals surface area contributed by atoms with Crippen LogP contribution in [0, 0.1) is 0 Å². The molecule has 0 aromatic carbocycles. The molecular weight excluding hydrogens is 246 g/mol. The minimum Gasteiger partial charge on any atom is -0.391 e. The van der Waals surface area contributed by atoms with Gasteiger partial charge in [0.25, 0.3) is 0 Å². The van der Waals surface area contributed by atoms with E-state index in [0.29, 0.717) is 19.8 Å². The molecule has 19 heavy (non-hydrogen) atoms. The van der Waals surface area contributed by atoms with Gasteiger partial charge in [-0.1, -0.05) is 6.92 Å². The average Bonchev–Trinajstić information content (AvgIpc) is 2.84. The second-order valence-corrected chi connectivity index (χ2v) is 5.62. The number of likely N-dealkylation sites (N-methyl/N-ethyl adjacent to an activating group) is 1. The Morgan fingerprint density at radius 3 is 2.68 bits per heavy atom. The van der Waals surface area contributed by atoms with E-state index >= 15 is 0 Å². The fourth-order valence-electron chi connectivity index (χ4n) is 3.42. The fourth-order valence-corrected chi connectivity index (χ4v) is 3.42. The van der Waals surface area contributed by atoms with Crippen molar-refractivity contribution in [3.05, 3.63) is 0 Å². The Morgan fingerprint density at radius 1 is 1.42 bits per heavy atom. The van der Waals surface area contributed by atoms with Crippen LogP contribution in [-0.4, -0.2) is 67.5 Å². The maximum Gasteiger partial charge on any atom is 0.170 e. The van der Waals surface area contributed by atoms with Gasteiger partial charge in [0, 0.05) is 32.0 Å². The largest absolute Gasteiger partial charge is 0.391 e. The summed E-state index contributed by atoms with van der Waals surface area (Å²) >= 11 is 0. The van der Waals surface area contributed by atoms with Gasteiger partial charge in [-0.3, -0.25) is 4.90 Å². The number of hydrogen-bond acceptors (Lipinski definition) is 5. The molecule has 1 aliphatic carbocycles. The number of aliphatic hydroxyl groups excluding tert-OH is 1. The minimum absolute atomic E-state index is 0.0852. The quantitative estimate of drug-likeness (QED) is 0.810. The van der Waals surface area contributed by atoms with E-state index in [1.807, 2.05) is 0 Å². The summed E-state index contributed by atoms with van der Waals surface area (Å²) in [7, 11) is 1.71. The Labute approximate surface area is 115 Å². The standard InChI is InChI=1S/C14H27NO4/c1-4-15(11(2)10-17-3)12-9-14(6-5-13(12)16)18-7-8-19-14/h11-13,16H,4-10H2,1-3H3. The Kier molecular flexibility index (Phi) is 5.20. The van der Waals surface area contributed by atoms with Crippen LogP contribution in [0.1, 0.15) is 33.1 Å². The van der Waals surface area contributed by atoms with E-state index < -0.39 is 5.79 Å². The van der Waals surface area contributed by atoms with Crippen molar-refractivity contribution in [1.82, 2.24) is 4.90 Å². The third-order valence-electron chi connectivity index (χ3n) is 4.36. The van der Waals surface area contributed by atoms with E-state index in [9.17, 15) is 5.11 Å². The molecule has 112 valence electrons. The lowest BCUT2D eigenvalue weighted by Crippen LogP contribution is -2.56. The second-order valence-electron chi connectivity index (χ2n) is 5.62. The molecule has 1 N–H and O–H groups in total. The summed E-state index contributed by atoms with van der Waals surface area (Å²) in [4.78, 5) is 2.31. The van der Waals surface area contributed by atoms with Crippen LogP contribution >= 0.6 is 0 Å². The zero-order valence-corrected chi connectivity index (χ0v) is 12.3. The molecule has 5 nitrogen and oxygen atoms in total. The Bertz CT molecular complexity index is 281. The van der Waals surface area contributed by atoms with Gasteiger partial charge in [-0.05, 0) is 19.9 Å². The van der Waals surface area contributed by atoms with Gasteiger partial charge in [0.1, 0.15) is 0 Å². The van der Waals surface area contributed by atoms with Gasteiger partial charge in [-0.2, -0.15) is 0 Å². The Morgan fingerprint density at radius 2 is 2.11 bits per heavy atom. The van der Waals surface area contributed by atoms with Crippen molar-refractivity contribution >= 4 is 0 Å². The molecule has 0 amide bonds. The molecule has 2 rings (SSSR count). The van der Waals surface area contributed by atoms with Crippen molar-refractivity contribution in [2.45, 2.75) is 57.1 Å². The lowest BCUT2D eigenvalue weighted by Gasteiger charge is -2.45. The Hall–Kier alpha value is -0.200. The third kappa shape index (κ3) is 3.28. The van der Waals surface area contributed by atoms with Gasteiger partial charge in [-0.15, -0.1) is 0 Å². The molecule has 0 bridgehead atoms. The van der Waals surface area contributed by atoms with Gasteiger partial charge in [-0.25, -0.2) is 0 Å². The van der Waals surface area contributed by atoms with Crippen molar-refractivity contribution in [2.24, 2.45) is 0 Å².